The van der Waals surface area contributed by atoms with E-state index in [0.29, 0.717) is 5.56 Å². The number of oxime groups is 1. The molecular formula is C17H19Cl2N5O5. The lowest BCUT2D eigenvalue weighted by atomic mass is 10.1. The van der Waals surface area contributed by atoms with Crippen LogP contribution in [0.15, 0.2) is 28.1 Å². The fraction of sp³-hybridized carbons (Fsp3) is 0.294. The quantitative estimate of drug-likeness (QED) is 0.269. The summed E-state index contributed by atoms with van der Waals surface area (Å²) in [4.78, 5) is 24.4. The molecule has 0 atom stereocenters. The lowest BCUT2D eigenvalue weighted by Gasteiger charge is -2.20. The number of aryl methyl sites for hydroxylation is 1. The van der Waals surface area contributed by atoms with E-state index in [-0.39, 0.29) is 44.7 Å². The van der Waals surface area contributed by atoms with E-state index in [2.05, 4.69) is 10.3 Å². The van der Waals surface area contributed by atoms with E-state index in [1.807, 2.05) is 13.8 Å². The van der Waals surface area contributed by atoms with Gasteiger partial charge in [0, 0.05) is 18.7 Å². The van der Waals surface area contributed by atoms with Crippen molar-refractivity contribution in [3.8, 4) is 11.6 Å². The number of nitrogens with zero attached hydrogens (tertiary/aromatic N) is 4. The van der Waals surface area contributed by atoms with Crippen LogP contribution in [-0.4, -0.2) is 38.6 Å². The molecule has 10 nitrogen and oxygen atoms in total. The molecule has 0 saturated carbocycles. The summed E-state index contributed by atoms with van der Waals surface area (Å²) in [6.07, 6.45) is -1.36. The lowest BCUT2D eigenvalue weighted by Crippen LogP contribution is -2.37. The Morgan fingerprint density at radius 1 is 1.34 bits per heavy atom. The zero-order valence-electron chi connectivity index (χ0n) is 15.8. The van der Waals surface area contributed by atoms with Crippen LogP contribution in [0.1, 0.15) is 25.3 Å². The SMILES string of the molecule is CC(C)c1cc(Oc2c(Cl)cc(N(C/C(N)=N\O)C(=O)O)cc2Cl)nn(C)c1=O. The Bertz CT molecular complexity index is 999. The highest BCUT2D eigenvalue weighted by Crippen LogP contribution is 2.39. The third-order valence-corrected chi connectivity index (χ3v) is 4.43. The maximum Gasteiger partial charge on any atom is 0.412 e. The molecule has 0 saturated heterocycles. The molecule has 1 heterocycles. The fourth-order valence-corrected chi connectivity index (χ4v) is 2.99. The van der Waals surface area contributed by atoms with Crippen molar-refractivity contribution in [2.75, 3.05) is 11.4 Å². The Balaban J connectivity index is 2.45. The van der Waals surface area contributed by atoms with E-state index in [1.165, 1.54) is 25.2 Å². The molecule has 1 aromatic carbocycles. The minimum absolute atomic E-state index is 0.00000803. The molecular weight excluding hydrogens is 425 g/mol. The summed E-state index contributed by atoms with van der Waals surface area (Å²) in [7, 11) is 1.49. The van der Waals surface area contributed by atoms with Crippen LogP contribution in [0.5, 0.6) is 11.6 Å². The Kier molecular flexibility index (Phi) is 6.93. The van der Waals surface area contributed by atoms with Crippen LogP contribution in [0, 0.1) is 0 Å². The van der Waals surface area contributed by atoms with Gasteiger partial charge in [0.2, 0.25) is 5.88 Å². The highest BCUT2D eigenvalue weighted by Gasteiger charge is 2.21. The predicted octanol–water partition coefficient (Wildman–Crippen LogP) is 3.23. The Morgan fingerprint density at radius 2 is 1.93 bits per heavy atom. The number of hydrogen-bond donors (Lipinski definition) is 3. The summed E-state index contributed by atoms with van der Waals surface area (Å²) in [6, 6.07) is 4.09. The van der Waals surface area contributed by atoms with Crippen molar-refractivity contribution in [2.45, 2.75) is 19.8 Å². The van der Waals surface area contributed by atoms with E-state index in [0.717, 1.165) is 9.58 Å². The minimum Gasteiger partial charge on any atom is -0.465 e. The van der Waals surface area contributed by atoms with E-state index < -0.39 is 12.6 Å². The molecule has 1 aromatic heterocycles. The zero-order chi connectivity index (χ0) is 21.9. The molecule has 0 spiro atoms. The van der Waals surface area contributed by atoms with Crippen LogP contribution < -0.4 is 20.9 Å². The smallest absolute Gasteiger partial charge is 0.412 e. The van der Waals surface area contributed by atoms with Gasteiger partial charge in [-0.05, 0) is 18.1 Å². The van der Waals surface area contributed by atoms with Gasteiger partial charge in [0.25, 0.3) is 5.56 Å². The number of benzene rings is 1. The van der Waals surface area contributed by atoms with Gasteiger partial charge < -0.3 is 20.8 Å². The van der Waals surface area contributed by atoms with Crippen molar-refractivity contribution < 1.29 is 19.8 Å². The van der Waals surface area contributed by atoms with Crippen LogP contribution in [0.2, 0.25) is 10.0 Å². The van der Waals surface area contributed by atoms with Crippen molar-refractivity contribution in [3.05, 3.63) is 44.2 Å². The first-order valence-electron chi connectivity index (χ1n) is 8.27. The predicted molar refractivity (Wildman–Crippen MR) is 109 cm³/mol. The van der Waals surface area contributed by atoms with Crippen LogP contribution in [-0.2, 0) is 7.05 Å². The summed E-state index contributed by atoms with van der Waals surface area (Å²) in [6.45, 7) is 3.31. The summed E-state index contributed by atoms with van der Waals surface area (Å²) in [5.41, 5.74) is 5.72. The van der Waals surface area contributed by atoms with Crippen LogP contribution in [0.4, 0.5) is 10.5 Å². The van der Waals surface area contributed by atoms with E-state index in [9.17, 15) is 14.7 Å². The first kappa shape index (κ1) is 22.3. The zero-order valence-corrected chi connectivity index (χ0v) is 17.3. The second-order valence-electron chi connectivity index (χ2n) is 6.32. The first-order valence-corrected chi connectivity index (χ1v) is 9.02. The van der Waals surface area contributed by atoms with Crippen LogP contribution in [0.3, 0.4) is 0 Å². The Hall–Kier alpha value is -2.98. The summed E-state index contributed by atoms with van der Waals surface area (Å²) in [5, 5.41) is 24.8. The number of carbonyl (C=O) groups is 1. The minimum atomic E-state index is -1.36. The number of ether oxygens (including phenoxy) is 1. The van der Waals surface area contributed by atoms with Crippen molar-refractivity contribution in [3.63, 3.8) is 0 Å². The van der Waals surface area contributed by atoms with Crippen molar-refractivity contribution >= 4 is 40.8 Å². The third kappa shape index (κ3) is 5.09. The molecule has 0 radical (unpaired) electrons. The van der Waals surface area contributed by atoms with Crippen molar-refractivity contribution in [1.82, 2.24) is 9.78 Å². The van der Waals surface area contributed by atoms with Gasteiger partial charge in [0.15, 0.2) is 11.6 Å². The largest absolute Gasteiger partial charge is 0.465 e. The number of amides is 1. The second-order valence-corrected chi connectivity index (χ2v) is 7.14. The molecule has 0 bridgehead atoms. The number of anilines is 1. The van der Waals surface area contributed by atoms with Gasteiger partial charge in [0.05, 0.1) is 22.3 Å². The van der Waals surface area contributed by atoms with Gasteiger partial charge in [-0.2, -0.15) is 0 Å². The van der Waals surface area contributed by atoms with Gasteiger partial charge in [-0.25, -0.2) is 9.48 Å². The molecule has 0 fully saturated rings. The van der Waals surface area contributed by atoms with Gasteiger partial charge in [-0.15, -0.1) is 5.10 Å². The number of carboxylic acid groups (broad SMARTS) is 1. The van der Waals surface area contributed by atoms with Gasteiger partial charge >= 0.3 is 6.09 Å². The molecule has 1 amide bonds. The van der Waals surface area contributed by atoms with E-state index in [4.69, 9.17) is 38.9 Å². The van der Waals surface area contributed by atoms with E-state index >= 15 is 0 Å². The van der Waals surface area contributed by atoms with E-state index in [1.54, 1.807) is 0 Å². The fourth-order valence-electron chi connectivity index (χ4n) is 2.43. The number of halogens is 2. The molecule has 12 heteroatoms. The third-order valence-electron chi connectivity index (χ3n) is 3.87. The molecule has 4 N–H and O–H groups in total. The number of rotatable bonds is 6. The molecule has 2 rings (SSSR count). The van der Waals surface area contributed by atoms with Crippen LogP contribution in [0.25, 0.3) is 0 Å². The lowest BCUT2D eigenvalue weighted by molar-refractivity contribution is 0.202. The van der Waals surface area contributed by atoms with Crippen molar-refractivity contribution in [2.24, 2.45) is 17.9 Å². The average molecular weight is 444 g/mol. The second kappa shape index (κ2) is 9.01. The summed E-state index contributed by atoms with van der Waals surface area (Å²) < 4.78 is 6.82. The monoisotopic (exact) mass is 443 g/mol. The van der Waals surface area contributed by atoms with Gasteiger partial charge in [0.1, 0.15) is 0 Å². The molecule has 0 aliphatic rings. The first-order chi connectivity index (χ1) is 13.5. The standard InChI is InChI=1S/C17H19Cl2N5O5/c1-8(2)10-6-14(21-23(3)16(10)25)29-15-11(18)4-9(5-12(15)19)24(17(26)27)7-13(20)22-28/h4-6,8,28H,7H2,1-3H3,(H2,20,22)(H,26,27). The molecule has 156 valence electrons. The summed E-state index contributed by atoms with van der Waals surface area (Å²) in [5.74, 6) is -0.253. The molecule has 29 heavy (non-hydrogen) atoms. The maximum atomic E-state index is 12.1. The number of amidine groups is 1. The normalized spacial score (nSPS) is 11.6. The topological polar surface area (TPSA) is 143 Å². The number of hydrogen-bond acceptors (Lipinski definition) is 6. The number of aromatic nitrogens is 2. The molecule has 0 unspecified atom stereocenters. The highest BCUT2D eigenvalue weighted by molar-refractivity contribution is 6.37. The number of nitrogens with two attached hydrogens (primary N) is 1. The van der Waals surface area contributed by atoms with Gasteiger partial charge in [-0.1, -0.05) is 42.2 Å². The Morgan fingerprint density at radius 3 is 2.41 bits per heavy atom. The van der Waals surface area contributed by atoms with Crippen molar-refractivity contribution in [1.29, 1.82) is 0 Å². The van der Waals surface area contributed by atoms with Gasteiger partial charge in [-0.3, -0.25) is 9.69 Å². The Labute approximate surface area is 175 Å². The molecule has 0 aliphatic heterocycles. The maximum absolute atomic E-state index is 12.1. The summed E-state index contributed by atoms with van der Waals surface area (Å²) >= 11 is 12.5. The van der Waals surface area contributed by atoms with Crippen LogP contribution >= 0.6 is 23.2 Å². The highest BCUT2D eigenvalue weighted by atomic mass is 35.5. The average Bonchev–Trinajstić information content (AvgIpc) is 2.64. The molecule has 2 aromatic rings. The molecule has 0 aliphatic carbocycles.